The second-order valence-corrected chi connectivity index (χ2v) is 14.5. The first-order chi connectivity index (χ1) is 26.1. The smallest absolute Gasteiger partial charge is 0.238 e. The summed E-state index contributed by atoms with van der Waals surface area (Å²) in [6.07, 6.45) is 0. The zero-order valence-corrected chi connectivity index (χ0v) is 29.3. The Hall–Kier alpha value is -6.85. The van der Waals surface area contributed by atoms with E-state index in [2.05, 4.69) is 169 Å². The Kier molecular flexibility index (Phi) is 6.23. The van der Waals surface area contributed by atoms with E-state index in [4.69, 9.17) is 15.0 Å². The van der Waals surface area contributed by atoms with Crippen LogP contribution in [0.1, 0.15) is 25.0 Å². The second-order valence-electron chi connectivity index (χ2n) is 14.5. The Morgan fingerprint density at radius 2 is 1.02 bits per heavy atom. The normalized spacial score (nSPS) is 13.2. The maximum absolute atomic E-state index is 5.24. The molecule has 0 N–H and O–H groups in total. The van der Waals surface area contributed by atoms with Gasteiger partial charge in [-0.2, -0.15) is 9.97 Å². The molecule has 0 saturated carbocycles. The van der Waals surface area contributed by atoms with Crippen LogP contribution in [0.2, 0.25) is 0 Å². The van der Waals surface area contributed by atoms with E-state index in [0.29, 0.717) is 17.6 Å². The maximum Gasteiger partial charge on any atom is 0.238 e. The van der Waals surface area contributed by atoms with Crippen molar-refractivity contribution < 1.29 is 0 Å². The molecule has 0 bridgehead atoms. The van der Waals surface area contributed by atoms with Crippen LogP contribution in [-0.4, -0.2) is 24.1 Å². The minimum absolute atomic E-state index is 0.0769. The molecule has 11 rings (SSSR count). The van der Waals surface area contributed by atoms with Gasteiger partial charge in [-0.25, -0.2) is 4.98 Å². The predicted octanol–water partition coefficient (Wildman–Crippen LogP) is 11.7. The molecular weight excluding hydrogens is 647 g/mol. The topological polar surface area (TPSA) is 48.5 Å². The molecule has 0 spiro atoms. The lowest BCUT2D eigenvalue weighted by Gasteiger charge is -2.21. The van der Waals surface area contributed by atoms with Crippen LogP contribution in [0.15, 0.2) is 164 Å². The van der Waals surface area contributed by atoms with Crippen molar-refractivity contribution in [2.24, 2.45) is 0 Å². The van der Waals surface area contributed by atoms with Gasteiger partial charge >= 0.3 is 0 Å². The number of benzene rings is 7. The van der Waals surface area contributed by atoms with Gasteiger partial charge in [-0.05, 0) is 58.7 Å². The molecule has 53 heavy (non-hydrogen) atoms. The van der Waals surface area contributed by atoms with Gasteiger partial charge in [0.05, 0.1) is 22.1 Å². The van der Waals surface area contributed by atoms with Gasteiger partial charge < -0.3 is 4.57 Å². The molecule has 7 aromatic carbocycles. The number of hydrogen-bond donors (Lipinski definition) is 0. The van der Waals surface area contributed by atoms with E-state index in [0.717, 1.165) is 38.6 Å². The van der Waals surface area contributed by atoms with Crippen molar-refractivity contribution in [1.82, 2.24) is 24.1 Å². The quantitative estimate of drug-likeness (QED) is 0.186. The van der Waals surface area contributed by atoms with E-state index >= 15 is 0 Å². The summed E-state index contributed by atoms with van der Waals surface area (Å²) in [6.45, 7) is 4.69. The predicted molar refractivity (Wildman–Crippen MR) is 217 cm³/mol. The van der Waals surface area contributed by atoms with Gasteiger partial charge in [0.15, 0.2) is 11.6 Å². The molecule has 0 fully saturated rings. The molecule has 5 nitrogen and oxygen atoms in total. The average molecular weight is 680 g/mol. The molecule has 0 radical (unpaired) electrons. The minimum atomic E-state index is -0.0769. The fraction of sp³-hybridized carbons (Fsp3) is 0.0625. The Balaban J connectivity index is 1.15. The molecule has 0 aliphatic heterocycles. The highest BCUT2D eigenvalue weighted by atomic mass is 15.2. The van der Waals surface area contributed by atoms with Crippen molar-refractivity contribution in [3.05, 3.63) is 175 Å². The monoisotopic (exact) mass is 679 g/mol. The molecule has 1 aliphatic rings. The molecule has 0 saturated heterocycles. The Morgan fingerprint density at radius 1 is 0.434 bits per heavy atom. The molecule has 0 amide bonds. The Bertz CT molecular complexity index is 3040. The fourth-order valence-electron chi connectivity index (χ4n) is 8.76. The number of nitrogens with zero attached hydrogens (tertiary/aromatic N) is 5. The lowest BCUT2D eigenvalue weighted by atomic mass is 9.82. The van der Waals surface area contributed by atoms with Gasteiger partial charge in [0.2, 0.25) is 5.95 Å². The van der Waals surface area contributed by atoms with E-state index in [9.17, 15) is 0 Å². The lowest BCUT2D eigenvalue weighted by Crippen LogP contribution is -2.14. The fourth-order valence-corrected chi connectivity index (χ4v) is 8.76. The number of rotatable bonds is 4. The largest absolute Gasteiger partial charge is 0.309 e. The summed E-state index contributed by atoms with van der Waals surface area (Å²) >= 11 is 0. The molecule has 10 aromatic rings. The van der Waals surface area contributed by atoms with Crippen LogP contribution < -0.4 is 0 Å². The molecule has 0 atom stereocenters. The molecule has 0 unspecified atom stereocenters. The number of para-hydroxylation sites is 3. The summed E-state index contributed by atoms with van der Waals surface area (Å²) in [5.41, 5.74) is 12.7. The summed E-state index contributed by atoms with van der Waals surface area (Å²) in [4.78, 5) is 15.5. The number of hydrogen-bond acceptors (Lipinski definition) is 3. The molecule has 3 aromatic heterocycles. The van der Waals surface area contributed by atoms with Crippen LogP contribution in [0.25, 0.3) is 89.2 Å². The number of aromatic nitrogens is 5. The first-order valence-corrected chi connectivity index (χ1v) is 18.1. The zero-order chi connectivity index (χ0) is 35.3. The van der Waals surface area contributed by atoms with Gasteiger partial charge in [-0.15, -0.1) is 0 Å². The zero-order valence-electron chi connectivity index (χ0n) is 29.3. The van der Waals surface area contributed by atoms with E-state index < -0.39 is 0 Å². The molecule has 1 aliphatic carbocycles. The molecule has 250 valence electrons. The first-order valence-electron chi connectivity index (χ1n) is 18.1. The number of fused-ring (bicyclic) bond motifs is 10. The van der Waals surface area contributed by atoms with E-state index in [1.54, 1.807) is 0 Å². The summed E-state index contributed by atoms with van der Waals surface area (Å²) in [5.74, 6) is 1.84. The summed E-state index contributed by atoms with van der Waals surface area (Å²) in [7, 11) is 0. The molecular formula is C48H33N5. The lowest BCUT2D eigenvalue weighted by molar-refractivity contribution is 0.661. The van der Waals surface area contributed by atoms with Crippen molar-refractivity contribution in [2.45, 2.75) is 19.3 Å². The van der Waals surface area contributed by atoms with Gasteiger partial charge in [0.1, 0.15) is 0 Å². The molecule has 5 heteroatoms. The second kappa shape index (κ2) is 11.1. The van der Waals surface area contributed by atoms with E-state index in [1.165, 1.54) is 44.1 Å². The summed E-state index contributed by atoms with van der Waals surface area (Å²) in [5, 5.41) is 4.87. The SMILES string of the molecule is CC1(C)c2ccccc2-c2c1ccc1c2c2ccccc2n1-c1cccc(-c2nc(-c3ccccc3)nc(-n3c4ccccc4c4ccccc43)n2)c1. The van der Waals surface area contributed by atoms with Crippen molar-refractivity contribution in [3.63, 3.8) is 0 Å². The van der Waals surface area contributed by atoms with Crippen molar-refractivity contribution in [2.75, 3.05) is 0 Å². The third kappa shape index (κ3) is 4.28. The first kappa shape index (κ1) is 29.8. The summed E-state index contributed by atoms with van der Waals surface area (Å²) in [6, 6.07) is 58.1. The highest BCUT2D eigenvalue weighted by Crippen LogP contribution is 2.53. The van der Waals surface area contributed by atoms with Gasteiger partial charge in [-0.3, -0.25) is 4.57 Å². The average Bonchev–Trinajstić information content (AvgIpc) is 3.81. The van der Waals surface area contributed by atoms with E-state index in [-0.39, 0.29) is 5.41 Å². The Morgan fingerprint density at radius 3 is 1.75 bits per heavy atom. The van der Waals surface area contributed by atoms with Crippen molar-refractivity contribution >= 4 is 43.6 Å². The summed E-state index contributed by atoms with van der Waals surface area (Å²) < 4.78 is 4.56. The van der Waals surface area contributed by atoms with Gasteiger partial charge in [0, 0.05) is 43.8 Å². The van der Waals surface area contributed by atoms with Gasteiger partial charge in [0.25, 0.3) is 0 Å². The highest BCUT2D eigenvalue weighted by Gasteiger charge is 2.37. The van der Waals surface area contributed by atoms with Crippen LogP contribution in [0.3, 0.4) is 0 Å². The third-order valence-electron chi connectivity index (χ3n) is 11.2. The van der Waals surface area contributed by atoms with Crippen LogP contribution >= 0.6 is 0 Å². The maximum atomic E-state index is 5.24. The Labute approximate surface area is 306 Å². The van der Waals surface area contributed by atoms with E-state index in [1.807, 2.05) is 18.2 Å². The van der Waals surface area contributed by atoms with Crippen LogP contribution in [0.4, 0.5) is 0 Å². The van der Waals surface area contributed by atoms with Crippen molar-refractivity contribution in [3.8, 4) is 45.5 Å². The molecule has 3 heterocycles. The van der Waals surface area contributed by atoms with Crippen LogP contribution in [-0.2, 0) is 5.41 Å². The third-order valence-corrected chi connectivity index (χ3v) is 11.2. The van der Waals surface area contributed by atoms with Gasteiger partial charge in [-0.1, -0.05) is 141 Å². The van der Waals surface area contributed by atoms with Crippen molar-refractivity contribution in [1.29, 1.82) is 0 Å². The van der Waals surface area contributed by atoms with Crippen LogP contribution in [0, 0.1) is 0 Å². The highest BCUT2D eigenvalue weighted by molar-refractivity contribution is 6.18. The standard InChI is InChI=1S/C48H33N5/c1-48(2)37-23-10-6-21-35(37)43-38(48)27-28-42-44(43)36-22-9-13-26-41(36)52(42)32-18-14-17-31(29-32)46-49-45(30-15-4-3-5-16-30)50-47(51-46)53-39-24-11-7-19-33(39)34-20-8-12-25-40(34)53/h3-29H,1-2H3. The minimum Gasteiger partial charge on any atom is -0.309 e. The van der Waals surface area contributed by atoms with Crippen LogP contribution in [0.5, 0.6) is 0 Å².